The summed E-state index contributed by atoms with van der Waals surface area (Å²) in [7, 11) is 1.61. The molecule has 2 saturated heterocycles. The van der Waals surface area contributed by atoms with E-state index in [2.05, 4.69) is 12.2 Å². The van der Waals surface area contributed by atoms with E-state index in [9.17, 15) is 14.4 Å². The highest BCUT2D eigenvalue weighted by Gasteiger charge is 2.44. The van der Waals surface area contributed by atoms with Crippen LogP contribution in [0.4, 0.5) is 11.4 Å². The number of amides is 3. The number of hydrogen-bond acceptors (Lipinski definition) is 4. The predicted molar refractivity (Wildman–Crippen MR) is 127 cm³/mol. The fraction of sp³-hybridized carbons (Fsp3) is 0.423. The molecule has 2 fully saturated rings. The number of benzene rings is 2. The number of likely N-dealkylation sites (tertiary alicyclic amines) is 1. The van der Waals surface area contributed by atoms with Crippen LogP contribution < -0.4 is 15.0 Å². The van der Waals surface area contributed by atoms with Gasteiger partial charge in [-0.25, -0.2) is 0 Å². The third-order valence-electron chi connectivity index (χ3n) is 6.48. The van der Waals surface area contributed by atoms with Crippen molar-refractivity contribution >= 4 is 29.1 Å². The molecule has 0 aromatic heterocycles. The van der Waals surface area contributed by atoms with Crippen molar-refractivity contribution in [3.8, 4) is 5.75 Å². The van der Waals surface area contributed by atoms with Gasteiger partial charge in [0.05, 0.1) is 19.1 Å². The first-order valence-corrected chi connectivity index (χ1v) is 11.7. The summed E-state index contributed by atoms with van der Waals surface area (Å²) in [6.07, 6.45) is 3.43. The monoisotopic (exact) mass is 449 g/mol. The maximum atomic E-state index is 13.4. The minimum atomic E-state index is -0.500. The third-order valence-corrected chi connectivity index (χ3v) is 6.48. The first kappa shape index (κ1) is 22.8. The number of unbranched alkanes of at least 4 members (excludes halogenated alkanes) is 1. The molecule has 2 aliphatic rings. The van der Waals surface area contributed by atoms with Crippen LogP contribution >= 0.6 is 0 Å². The zero-order valence-electron chi connectivity index (χ0n) is 19.3. The van der Waals surface area contributed by atoms with E-state index in [-0.39, 0.29) is 30.2 Å². The summed E-state index contributed by atoms with van der Waals surface area (Å²) in [6.45, 7) is 3.41. The molecule has 0 saturated carbocycles. The highest BCUT2D eigenvalue weighted by atomic mass is 16.5. The lowest BCUT2D eigenvalue weighted by atomic mass is 9.92. The van der Waals surface area contributed by atoms with Crippen molar-refractivity contribution in [3.63, 3.8) is 0 Å². The van der Waals surface area contributed by atoms with Crippen LogP contribution in [0.5, 0.6) is 5.75 Å². The van der Waals surface area contributed by atoms with E-state index in [4.69, 9.17) is 4.74 Å². The maximum absolute atomic E-state index is 13.4. The van der Waals surface area contributed by atoms with Gasteiger partial charge in [-0.1, -0.05) is 31.5 Å². The molecule has 0 bridgehead atoms. The molecule has 3 amide bonds. The summed E-state index contributed by atoms with van der Waals surface area (Å²) in [4.78, 5) is 42.0. The van der Waals surface area contributed by atoms with Crippen molar-refractivity contribution in [2.24, 2.45) is 5.92 Å². The van der Waals surface area contributed by atoms with Crippen molar-refractivity contribution in [1.29, 1.82) is 0 Å². The van der Waals surface area contributed by atoms with Crippen LogP contribution in [0.15, 0.2) is 48.5 Å². The molecule has 4 rings (SSSR count). The molecule has 2 aromatic carbocycles. The van der Waals surface area contributed by atoms with E-state index in [1.165, 1.54) is 0 Å². The summed E-state index contributed by atoms with van der Waals surface area (Å²) >= 11 is 0. The molecule has 2 aliphatic heterocycles. The molecule has 2 heterocycles. The molecule has 7 heteroatoms. The first-order chi connectivity index (χ1) is 16.0. The topological polar surface area (TPSA) is 79.0 Å². The third kappa shape index (κ3) is 4.87. The van der Waals surface area contributed by atoms with Crippen LogP contribution in [0, 0.1) is 5.92 Å². The van der Waals surface area contributed by atoms with E-state index < -0.39 is 5.92 Å². The average Bonchev–Trinajstić information content (AvgIpc) is 3.40. The second-order valence-electron chi connectivity index (χ2n) is 8.66. The number of hydrogen-bond donors (Lipinski definition) is 1. The van der Waals surface area contributed by atoms with Crippen molar-refractivity contribution in [2.45, 2.75) is 45.1 Å². The Hall–Kier alpha value is -3.35. The molecule has 0 unspecified atom stereocenters. The normalized spacial score (nSPS) is 20.4. The Morgan fingerprint density at radius 1 is 1.12 bits per heavy atom. The number of carbonyl (C=O) groups excluding carboxylic acids is 3. The van der Waals surface area contributed by atoms with Gasteiger partial charge in [0.2, 0.25) is 17.7 Å². The van der Waals surface area contributed by atoms with Gasteiger partial charge in [0, 0.05) is 37.3 Å². The van der Waals surface area contributed by atoms with Crippen LogP contribution in [0.1, 0.15) is 50.6 Å². The largest absolute Gasteiger partial charge is 0.497 e. The van der Waals surface area contributed by atoms with E-state index in [0.29, 0.717) is 25.2 Å². The minimum absolute atomic E-state index is 0.000771. The summed E-state index contributed by atoms with van der Waals surface area (Å²) < 4.78 is 5.27. The number of nitrogens with zero attached hydrogens (tertiary/aromatic N) is 2. The Morgan fingerprint density at radius 3 is 2.58 bits per heavy atom. The molecule has 2 aromatic rings. The Kier molecular flexibility index (Phi) is 6.96. The smallest absolute Gasteiger partial charge is 0.230 e. The van der Waals surface area contributed by atoms with Crippen LogP contribution in [0.3, 0.4) is 0 Å². The predicted octanol–water partition coefficient (Wildman–Crippen LogP) is 4.15. The molecule has 33 heavy (non-hydrogen) atoms. The number of methoxy groups -OCH3 is 1. The molecular weight excluding hydrogens is 418 g/mol. The summed E-state index contributed by atoms with van der Waals surface area (Å²) in [5.74, 6) is 0.150. The number of anilines is 2. The standard InChI is InChI=1S/C26H31N3O4/c1-3-4-14-29-24(31)17-22(25(29)18-10-12-21(33-2)13-11-18)26(32)27-19-7-5-8-20(16-19)28-15-6-9-23(28)30/h5,7-8,10-13,16,22,25H,3-4,6,9,14-15,17H2,1-2H3,(H,27,32)/t22-,25-/m0/s1. The second kappa shape index (κ2) is 10.1. The number of carbonyl (C=O) groups is 3. The summed E-state index contributed by atoms with van der Waals surface area (Å²) in [5, 5.41) is 3.00. The first-order valence-electron chi connectivity index (χ1n) is 11.7. The van der Waals surface area contributed by atoms with Crippen molar-refractivity contribution in [3.05, 3.63) is 54.1 Å². The fourth-order valence-electron chi connectivity index (χ4n) is 4.74. The van der Waals surface area contributed by atoms with Gasteiger partial charge in [-0.3, -0.25) is 14.4 Å². The van der Waals surface area contributed by atoms with Crippen LogP contribution in [0.25, 0.3) is 0 Å². The molecule has 7 nitrogen and oxygen atoms in total. The van der Waals surface area contributed by atoms with E-state index >= 15 is 0 Å². The number of nitrogens with one attached hydrogen (secondary N) is 1. The Morgan fingerprint density at radius 2 is 1.91 bits per heavy atom. The van der Waals surface area contributed by atoms with Gasteiger partial charge in [0.15, 0.2) is 0 Å². The molecule has 1 N–H and O–H groups in total. The summed E-state index contributed by atoms with van der Waals surface area (Å²) in [6, 6.07) is 14.6. The maximum Gasteiger partial charge on any atom is 0.230 e. The second-order valence-corrected chi connectivity index (χ2v) is 8.66. The molecule has 0 spiro atoms. The van der Waals surface area contributed by atoms with Gasteiger partial charge in [-0.15, -0.1) is 0 Å². The molecule has 0 aliphatic carbocycles. The van der Waals surface area contributed by atoms with Crippen LogP contribution in [0.2, 0.25) is 0 Å². The van der Waals surface area contributed by atoms with Crippen molar-refractivity contribution in [2.75, 3.05) is 30.4 Å². The average molecular weight is 450 g/mol. The molecule has 174 valence electrons. The minimum Gasteiger partial charge on any atom is -0.497 e. The Balaban J connectivity index is 1.57. The fourth-order valence-corrected chi connectivity index (χ4v) is 4.74. The Bertz CT molecular complexity index is 1020. The lowest BCUT2D eigenvalue weighted by Gasteiger charge is -2.28. The van der Waals surface area contributed by atoms with Gasteiger partial charge in [0.25, 0.3) is 0 Å². The van der Waals surface area contributed by atoms with Crippen LogP contribution in [-0.2, 0) is 14.4 Å². The zero-order chi connectivity index (χ0) is 23.4. The van der Waals surface area contributed by atoms with Gasteiger partial charge < -0.3 is 19.9 Å². The summed E-state index contributed by atoms with van der Waals surface area (Å²) in [5.41, 5.74) is 2.34. The number of ether oxygens (including phenoxy) is 1. The lowest BCUT2D eigenvalue weighted by molar-refractivity contribution is -0.129. The van der Waals surface area contributed by atoms with E-state index in [0.717, 1.165) is 36.3 Å². The van der Waals surface area contributed by atoms with Gasteiger partial charge in [-0.2, -0.15) is 0 Å². The van der Waals surface area contributed by atoms with Gasteiger partial charge in [-0.05, 0) is 48.7 Å². The van der Waals surface area contributed by atoms with Crippen molar-refractivity contribution in [1.82, 2.24) is 4.90 Å². The SMILES string of the molecule is CCCCN1C(=O)C[C@H](C(=O)Nc2cccc(N3CCCC3=O)c2)[C@@H]1c1ccc(OC)cc1. The van der Waals surface area contributed by atoms with Crippen LogP contribution in [-0.4, -0.2) is 42.8 Å². The molecule has 0 radical (unpaired) electrons. The van der Waals surface area contributed by atoms with Gasteiger partial charge in [0.1, 0.15) is 5.75 Å². The zero-order valence-corrected chi connectivity index (χ0v) is 19.3. The van der Waals surface area contributed by atoms with E-state index in [1.807, 2.05) is 53.4 Å². The van der Waals surface area contributed by atoms with Gasteiger partial charge >= 0.3 is 0 Å². The molecule has 2 atom stereocenters. The highest BCUT2D eigenvalue weighted by molar-refractivity contribution is 5.99. The lowest BCUT2D eigenvalue weighted by Crippen LogP contribution is -2.33. The van der Waals surface area contributed by atoms with E-state index in [1.54, 1.807) is 12.0 Å². The Labute approximate surface area is 194 Å². The number of rotatable bonds is 8. The van der Waals surface area contributed by atoms with Crippen molar-refractivity contribution < 1.29 is 19.1 Å². The highest BCUT2D eigenvalue weighted by Crippen LogP contribution is 2.39. The quantitative estimate of drug-likeness (QED) is 0.657. The molecular formula is C26H31N3O4.